The van der Waals surface area contributed by atoms with Crippen LogP contribution in [0.2, 0.25) is 0 Å². The molecule has 0 spiro atoms. The molecule has 1 amide bonds. The molecule has 0 bridgehead atoms. The Morgan fingerprint density at radius 2 is 1.68 bits per heavy atom. The largest absolute Gasteiger partial charge is 0.484 e. The molecule has 0 saturated carbocycles. The minimum Gasteiger partial charge on any atom is -0.484 e. The second kappa shape index (κ2) is 9.32. The number of hydrogen-bond donors (Lipinski definition) is 1. The van der Waals surface area contributed by atoms with E-state index < -0.39 is 12.1 Å². The number of hydrogen-bond acceptors (Lipinski definition) is 5. The third kappa shape index (κ3) is 6.18. The molecule has 25 heavy (non-hydrogen) atoms. The highest BCUT2D eigenvalue weighted by Crippen LogP contribution is 2.17. The molecule has 0 aliphatic carbocycles. The molecule has 1 atom stereocenters. The van der Waals surface area contributed by atoms with Crippen LogP contribution in [0.3, 0.4) is 0 Å². The number of carbonyl (C=O) groups excluding carboxylic acids is 2. The number of nitrogens with one attached hydrogen (secondary N) is 1. The van der Waals surface area contributed by atoms with Gasteiger partial charge in [-0.25, -0.2) is 4.79 Å². The van der Waals surface area contributed by atoms with Gasteiger partial charge in [0.25, 0.3) is 5.91 Å². The van der Waals surface area contributed by atoms with Crippen molar-refractivity contribution in [3.8, 4) is 11.5 Å². The predicted octanol–water partition coefficient (Wildman–Crippen LogP) is 3.03. The topological polar surface area (TPSA) is 73.9 Å². The first-order valence-electron chi connectivity index (χ1n) is 7.99. The van der Waals surface area contributed by atoms with Crippen LogP contribution in [-0.2, 0) is 14.3 Å². The van der Waals surface area contributed by atoms with Crippen LogP contribution in [-0.4, -0.2) is 31.2 Å². The molecule has 0 saturated heterocycles. The monoisotopic (exact) mass is 343 g/mol. The summed E-state index contributed by atoms with van der Waals surface area (Å²) in [4.78, 5) is 23.4. The Bertz CT molecular complexity index is 685. The molecule has 1 N–H and O–H groups in total. The number of carbonyl (C=O) groups is 2. The van der Waals surface area contributed by atoms with Crippen molar-refractivity contribution in [2.75, 3.05) is 18.5 Å². The van der Waals surface area contributed by atoms with Crippen molar-refractivity contribution >= 4 is 17.6 Å². The molecule has 2 aromatic rings. The summed E-state index contributed by atoms with van der Waals surface area (Å²) in [5.41, 5.74) is 0.609. The van der Waals surface area contributed by atoms with Gasteiger partial charge >= 0.3 is 5.97 Å². The van der Waals surface area contributed by atoms with Gasteiger partial charge in [-0.1, -0.05) is 18.2 Å². The molecule has 1 unspecified atom stereocenters. The molecular weight excluding hydrogens is 322 g/mol. The third-order valence-electron chi connectivity index (χ3n) is 3.18. The van der Waals surface area contributed by atoms with E-state index in [0.29, 0.717) is 23.8 Å². The van der Waals surface area contributed by atoms with Crippen molar-refractivity contribution in [3.63, 3.8) is 0 Å². The molecule has 0 fully saturated rings. The normalized spacial score (nSPS) is 11.3. The van der Waals surface area contributed by atoms with Gasteiger partial charge in [-0.15, -0.1) is 0 Å². The molecule has 132 valence electrons. The van der Waals surface area contributed by atoms with Gasteiger partial charge in [-0.3, -0.25) is 4.79 Å². The van der Waals surface area contributed by atoms with E-state index in [-0.39, 0.29) is 12.5 Å². The molecule has 0 aliphatic heterocycles. The van der Waals surface area contributed by atoms with Crippen molar-refractivity contribution in [1.82, 2.24) is 0 Å². The first kappa shape index (κ1) is 18.3. The molecule has 2 aromatic carbocycles. The molecule has 0 aliphatic rings. The maximum atomic E-state index is 11.9. The average Bonchev–Trinajstić information content (AvgIpc) is 2.62. The zero-order valence-electron chi connectivity index (χ0n) is 14.2. The first-order chi connectivity index (χ1) is 12.1. The average molecular weight is 343 g/mol. The SMILES string of the molecule is CCOC(=O)C(C)Oc1ccc(NC(=O)COc2ccccc2)cc1. The fourth-order valence-corrected chi connectivity index (χ4v) is 1.99. The zero-order valence-corrected chi connectivity index (χ0v) is 14.2. The third-order valence-corrected chi connectivity index (χ3v) is 3.18. The maximum Gasteiger partial charge on any atom is 0.347 e. The standard InChI is InChI=1S/C19H21NO5/c1-3-23-19(22)14(2)25-17-11-9-15(10-12-17)20-18(21)13-24-16-7-5-4-6-8-16/h4-12,14H,3,13H2,1-2H3,(H,20,21). The smallest absolute Gasteiger partial charge is 0.347 e. The second-order valence-electron chi connectivity index (χ2n) is 5.19. The number of ether oxygens (including phenoxy) is 3. The van der Waals surface area contributed by atoms with Gasteiger partial charge in [0.05, 0.1) is 6.61 Å². The lowest BCUT2D eigenvalue weighted by Gasteiger charge is -2.13. The van der Waals surface area contributed by atoms with Crippen LogP contribution in [0.1, 0.15) is 13.8 Å². The van der Waals surface area contributed by atoms with Gasteiger partial charge < -0.3 is 19.5 Å². The van der Waals surface area contributed by atoms with Gasteiger partial charge in [0, 0.05) is 5.69 Å². The lowest BCUT2D eigenvalue weighted by Crippen LogP contribution is -2.26. The molecule has 6 heteroatoms. The van der Waals surface area contributed by atoms with E-state index in [2.05, 4.69) is 5.32 Å². The summed E-state index contributed by atoms with van der Waals surface area (Å²) >= 11 is 0. The lowest BCUT2D eigenvalue weighted by molar-refractivity contribution is -0.150. The molecule has 2 rings (SSSR count). The van der Waals surface area contributed by atoms with E-state index in [1.54, 1.807) is 50.2 Å². The first-order valence-corrected chi connectivity index (χ1v) is 7.99. The Balaban J connectivity index is 1.81. The van der Waals surface area contributed by atoms with Gasteiger partial charge in [0.15, 0.2) is 12.7 Å². The van der Waals surface area contributed by atoms with Gasteiger partial charge in [0.1, 0.15) is 11.5 Å². The number of amides is 1. The minimum absolute atomic E-state index is 0.0812. The van der Waals surface area contributed by atoms with Crippen LogP contribution in [0.25, 0.3) is 0 Å². The Morgan fingerprint density at radius 3 is 2.32 bits per heavy atom. The van der Waals surface area contributed by atoms with Gasteiger partial charge in [0.2, 0.25) is 0 Å². The highest BCUT2D eigenvalue weighted by molar-refractivity contribution is 5.91. The van der Waals surface area contributed by atoms with Crippen molar-refractivity contribution in [1.29, 1.82) is 0 Å². The Morgan fingerprint density at radius 1 is 1.00 bits per heavy atom. The van der Waals surface area contributed by atoms with Crippen LogP contribution >= 0.6 is 0 Å². The Kier molecular flexibility index (Phi) is 6.83. The number of rotatable bonds is 8. The highest BCUT2D eigenvalue weighted by atomic mass is 16.6. The predicted molar refractivity (Wildman–Crippen MR) is 93.7 cm³/mol. The van der Waals surface area contributed by atoms with E-state index in [1.807, 2.05) is 18.2 Å². The summed E-state index contributed by atoms with van der Waals surface area (Å²) in [6.45, 7) is 3.59. The van der Waals surface area contributed by atoms with Crippen LogP contribution in [0.5, 0.6) is 11.5 Å². The van der Waals surface area contributed by atoms with Crippen molar-refractivity contribution < 1.29 is 23.8 Å². The number of anilines is 1. The van der Waals surface area contributed by atoms with Gasteiger partial charge in [-0.2, -0.15) is 0 Å². The highest BCUT2D eigenvalue weighted by Gasteiger charge is 2.15. The summed E-state index contributed by atoms with van der Waals surface area (Å²) < 4.78 is 15.7. The fourth-order valence-electron chi connectivity index (χ4n) is 1.99. The van der Waals surface area contributed by atoms with Crippen LogP contribution in [0.4, 0.5) is 5.69 Å². The van der Waals surface area contributed by atoms with E-state index in [9.17, 15) is 9.59 Å². The van der Waals surface area contributed by atoms with Crippen LogP contribution in [0, 0.1) is 0 Å². The van der Waals surface area contributed by atoms with Crippen molar-refractivity contribution in [2.45, 2.75) is 20.0 Å². The summed E-state index contributed by atoms with van der Waals surface area (Å²) in [6, 6.07) is 15.8. The Labute approximate surface area is 146 Å². The van der Waals surface area contributed by atoms with Crippen LogP contribution < -0.4 is 14.8 Å². The fraction of sp³-hybridized carbons (Fsp3) is 0.263. The molecule has 6 nitrogen and oxygen atoms in total. The molecule has 0 aromatic heterocycles. The lowest BCUT2D eigenvalue weighted by atomic mass is 10.3. The summed E-state index contributed by atoms with van der Waals surface area (Å²) in [6.07, 6.45) is -0.695. The summed E-state index contributed by atoms with van der Waals surface area (Å²) in [5, 5.41) is 2.72. The Hall–Kier alpha value is -3.02. The van der Waals surface area contributed by atoms with Crippen molar-refractivity contribution in [2.24, 2.45) is 0 Å². The minimum atomic E-state index is -0.695. The zero-order chi connectivity index (χ0) is 18.1. The second-order valence-corrected chi connectivity index (χ2v) is 5.19. The summed E-state index contributed by atoms with van der Waals surface area (Å²) in [5.74, 6) is 0.462. The number of para-hydroxylation sites is 1. The van der Waals surface area contributed by atoms with Crippen molar-refractivity contribution in [3.05, 3.63) is 54.6 Å². The van der Waals surface area contributed by atoms with Crippen LogP contribution in [0.15, 0.2) is 54.6 Å². The molecule has 0 radical (unpaired) electrons. The van der Waals surface area contributed by atoms with E-state index in [1.165, 1.54) is 0 Å². The molecular formula is C19H21NO5. The number of esters is 1. The van der Waals surface area contributed by atoms with E-state index in [4.69, 9.17) is 14.2 Å². The molecule has 0 heterocycles. The van der Waals surface area contributed by atoms with E-state index >= 15 is 0 Å². The quantitative estimate of drug-likeness (QED) is 0.746. The van der Waals surface area contributed by atoms with Gasteiger partial charge in [-0.05, 0) is 50.2 Å². The summed E-state index contributed by atoms with van der Waals surface area (Å²) in [7, 11) is 0. The maximum absolute atomic E-state index is 11.9. The van der Waals surface area contributed by atoms with E-state index in [0.717, 1.165) is 0 Å². The number of benzene rings is 2.